The number of amides is 2. The van der Waals surface area contributed by atoms with E-state index in [1.807, 2.05) is 56.0 Å². The fraction of sp³-hybridized carbons (Fsp3) is 0.391. The fourth-order valence-corrected chi connectivity index (χ4v) is 3.49. The van der Waals surface area contributed by atoms with Gasteiger partial charge in [-0.3, -0.25) is 9.59 Å². The smallest absolute Gasteiger partial charge is 0.265 e. The summed E-state index contributed by atoms with van der Waals surface area (Å²) in [6.45, 7) is 7.45. The number of nitrogens with one attached hydrogen (secondary N) is 1. The van der Waals surface area contributed by atoms with Gasteiger partial charge >= 0.3 is 0 Å². The largest absolute Gasteiger partial charge is 0.480 e. The van der Waals surface area contributed by atoms with Gasteiger partial charge in [0.05, 0.1) is 11.3 Å². The summed E-state index contributed by atoms with van der Waals surface area (Å²) in [4.78, 5) is 27.5. The summed E-state index contributed by atoms with van der Waals surface area (Å²) in [5.41, 5.74) is 3.21. The van der Waals surface area contributed by atoms with Crippen LogP contribution in [0.5, 0.6) is 5.75 Å². The van der Waals surface area contributed by atoms with Gasteiger partial charge in [0.2, 0.25) is 0 Å². The molecule has 148 valence electrons. The first kappa shape index (κ1) is 19.9. The monoisotopic (exact) mass is 380 g/mol. The molecular formula is C23H28N2O3. The molecule has 0 spiro atoms. The van der Waals surface area contributed by atoms with Gasteiger partial charge in [0.25, 0.3) is 11.8 Å². The molecule has 1 atom stereocenters. The van der Waals surface area contributed by atoms with Gasteiger partial charge in [0, 0.05) is 13.1 Å². The van der Waals surface area contributed by atoms with E-state index in [1.165, 1.54) is 0 Å². The highest BCUT2D eigenvalue weighted by Gasteiger charge is 2.24. The first-order valence-corrected chi connectivity index (χ1v) is 9.92. The van der Waals surface area contributed by atoms with E-state index in [4.69, 9.17) is 4.74 Å². The molecule has 1 aliphatic heterocycles. The fourth-order valence-electron chi connectivity index (χ4n) is 3.49. The molecular weight excluding hydrogens is 352 g/mol. The molecule has 5 nitrogen and oxygen atoms in total. The van der Waals surface area contributed by atoms with Crippen molar-refractivity contribution in [1.82, 2.24) is 4.90 Å². The van der Waals surface area contributed by atoms with Crippen LogP contribution in [-0.4, -0.2) is 35.9 Å². The molecule has 1 N–H and O–H groups in total. The number of carbonyl (C=O) groups is 2. The van der Waals surface area contributed by atoms with E-state index in [2.05, 4.69) is 5.32 Å². The molecule has 0 aromatic heterocycles. The van der Waals surface area contributed by atoms with Gasteiger partial charge in [0.1, 0.15) is 5.75 Å². The normalized spacial score (nSPS) is 14.6. The summed E-state index contributed by atoms with van der Waals surface area (Å²) >= 11 is 0. The van der Waals surface area contributed by atoms with Gasteiger partial charge in [-0.25, -0.2) is 0 Å². The van der Waals surface area contributed by atoms with Crippen LogP contribution in [0, 0.1) is 13.8 Å². The quantitative estimate of drug-likeness (QED) is 0.811. The number of ether oxygens (including phenoxy) is 1. The van der Waals surface area contributed by atoms with Crippen LogP contribution in [0.3, 0.4) is 0 Å². The maximum Gasteiger partial charge on any atom is 0.265 e. The lowest BCUT2D eigenvalue weighted by Gasteiger charge is -2.21. The molecule has 5 heteroatoms. The van der Waals surface area contributed by atoms with Gasteiger partial charge in [-0.2, -0.15) is 0 Å². The van der Waals surface area contributed by atoms with Crippen molar-refractivity contribution in [3.8, 4) is 5.75 Å². The van der Waals surface area contributed by atoms with Gasteiger partial charge < -0.3 is 15.0 Å². The number of likely N-dealkylation sites (tertiary alicyclic amines) is 1. The van der Waals surface area contributed by atoms with Crippen molar-refractivity contribution in [3.05, 3.63) is 59.2 Å². The maximum absolute atomic E-state index is 12.9. The van der Waals surface area contributed by atoms with Crippen LogP contribution in [-0.2, 0) is 4.79 Å². The van der Waals surface area contributed by atoms with Crippen LogP contribution in [0.2, 0.25) is 0 Å². The molecule has 0 saturated carbocycles. The highest BCUT2D eigenvalue weighted by Crippen LogP contribution is 2.23. The Morgan fingerprint density at radius 3 is 2.50 bits per heavy atom. The highest BCUT2D eigenvalue weighted by atomic mass is 16.5. The van der Waals surface area contributed by atoms with Crippen molar-refractivity contribution >= 4 is 17.5 Å². The number of benzene rings is 2. The summed E-state index contributed by atoms with van der Waals surface area (Å²) in [6.07, 6.45) is 1.96. The summed E-state index contributed by atoms with van der Waals surface area (Å²) in [7, 11) is 0. The van der Waals surface area contributed by atoms with E-state index < -0.39 is 6.10 Å². The number of anilines is 1. The van der Waals surface area contributed by atoms with Crippen LogP contribution >= 0.6 is 0 Å². The van der Waals surface area contributed by atoms with Crippen molar-refractivity contribution < 1.29 is 14.3 Å². The average molecular weight is 380 g/mol. The molecule has 2 aromatic rings. The molecule has 1 heterocycles. The van der Waals surface area contributed by atoms with Crippen LogP contribution in [0.15, 0.2) is 42.5 Å². The summed E-state index contributed by atoms with van der Waals surface area (Å²) < 4.78 is 5.98. The Balaban J connectivity index is 1.75. The number of aryl methyl sites for hydroxylation is 2. The second-order valence-electron chi connectivity index (χ2n) is 7.32. The Hall–Kier alpha value is -2.82. The second kappa shape index (κ2) is 8.91. The van der Waals surface area contributed by atoms with Crippen molar-refractivity contribution in [2.45, 2.75) is 46.1 Å². The molecule has 2 amide bonds. The lowest BCUT2D eigenvalue weighted by Crippen LogP contribution is -2.34. The van der Waals surface area contributed by atoms with E-state index in [-0.39, 0.29) is 11.8 Å². The number of hydrogen-bond donors (Lipinski definition) is 1. The number of carbonyl (C=O) groups excluding carboxylic acids is 2. The minimum Gasteiger partial charge on any atom is -0.480 e. The lowest BCUT2D eigenvalue weighted by molar-refractivity contribution is -0.122. The minimum absolute atomic E-state index is 0.0308. The second-order valence-corrected chi connectivity index (χ2v) is 7.32. The topological polar surface area (TPSA) is 58.6 Å². The minimum atomic E-state index is -0.628. The zero-order valence-electron chi connectivity index (χ0n) is 16.8. The van der Waals surface area contributed by atoms with E-state index in [1.54, 1.807) is 12.1 Å². The van der Waals surface area contributed by atoms with Gasteiger partial charge in [-0.1, -0.05) is 36.8 Å². The van der Waals surface area contributed by atoms with Crippen molar-refractivity contribution in [1.29, 1.82) is 0 Å². The number of nitrogens with zero attached hydrogens (tertiary/aromatic N) is 1. The average Bonchev–Trinajstić information content (AvgIpc) is 3.22. The predicted molar refractivity (Wildman–Crippen MR) is 111 cm³/mol. The Kier molecular flexibility index (Phi) is 6.34. The summed E-state index contributed by atoms with van der Waals surface area (Å²) in [5.74, 6) is 0.426. The number of hydrogen-bond acceptors (Lipinski definition) is 3. The Bertz CT molecular complexity index is 857. The molecule has 3 rings (SSSR count). The van der Waals surface area contributed by atoms with Crippen molar-refractivity contribution in [2.75, 3.05) is 18.4 Å². The van der Waals surface area contributed by atoms with Crippen molar-refractivity contribution in [3.63, 3.8) is 0 Å². The van der Waals surface area contributed by atoms with Crippen LogP contribution in [0.25, 0.3) is 0 Å². The van der Waals surface area contributed by atoms with Crippen LogP contribution < -0.4 is 10.1 Å². The van der Waals surface area contributed by atoms with E-state index in [0.29, 0.717) is 23.4 Å². The van der Waals surface area contributed by atoms with Crippen molar-refractivity contribution in [2.24, 2.45) is 0 Å². The van der Waals surface area contributed by atoms with E-state index in [9.17, 15) is 9.59 Å². The third kappa shape index (κ3) is 4.53. The molecule has 2 aromatic carbocycles. The maximum atomic E-state index is 12.9. The summed E-state index contributed by atoms with van der Waals surface area (Å²) in [5, 5.41) is 2.91. The molecule has 1 saturated heterocycles. The third-order valence-electron chi connectivity index (χ3n) is 5.07. The van der Waals surface area contributed by atoms with Gasteiger partial charge in [0.15, 0.2) is 6.10 Å². The van der Waals surface area contributed by atoms with Gasteiger partial charge in [-0.05, 0) is 56.9 Å². The van der Waals surface area contributed by atoms with Crippen LogP contribution in [0.1, 0.15) is 47.7 Å². The molecule has 0 bridgehead atoms. The van der Waals surface area contributed by atoms with E-state index in [0.717, 1.165) is 37.1 Å². The molecule has 1 aliphatic rings. The first-order valence-electron chi connectivity index (χ1n) is 9.92. The first-order chi connectivity index (χ1) is 13.5. The molecule has 1 unspecified atom stereocenters. The standard InChI is InChI=1S/C23H28N2O3/c1-4-20(28-21-12-11-16(2)15-17(21)3)22(26)24-19-10-6-5-9-18(19)23(27)25-13-7-8-14-25/h5-6,9-12,15,20H,4,7-8,13-14H2,1-3H3,(H,24,26). The van der Waals surface area contributed by atoms with Gasteiger partial charge in [-0.15, -0.1) is 0 Å². The Morgan fingerprint density at radius 1 is 1.11 bits per heavy atom. The zero-order chi connectivity index (χ0) is 20.1. The Labute approximate surface area is 166 Å². The number of rotatable bonds is 6. The van der Waals surface area contributed by atoms with Crippen LogP contribution in [0.4, 0.5) is 5.69 Å². The lowest BCUT2D eigenvalue weighted by atomic mass is 10.1. The Morgan fingerprint density at radius 2 is 1.82 bits per heavy atom. The molecule has 1 fully saturated rings. The molecule has 0 radical (unpaired) electrons. The zero-order valence-corrected chi connectivity index (χ0v) is 16.8. The third-order valence-corrected chi connectivity index (χ3v) is 5.07. The molecule has 0 aliphatic carbocycles. The highest BCUT2D eigenvalue weighted by molar-refractivity contribution is 6.04. The predicted octanol–water partition coefficient (Wildman–Crippen LogP) is 4.34. The number of para-hydroxylation sites is 1. The molecule has 28 heavy (non-hydrogen) atoms. The van der Waals surface area contributed by atoms with E-state index >= 15 is 0 Å². The summed E-state index contributed by atoms with van der Waals surface area (Å²) in [6, 6.07) is 13.1. The SMILES string of the molecule is CCC(Oc1ccc(C)cc1C)C(=O)Nc1ccccc1C(=O)N1CCCC1.